The van der Waals surface area contributed by atoms with E-state index in [2.05, 4.69) is 7.25 Å². The van der Waals surface area contributed by atoms with Crippen molar-refractivity contribution in [3.63, 3.8) is 0 Å². The van der Waals surface area contributed by atoms with Crippen molar-refractivity contribution < 1.29 is 70.6 Å². The largest absolute Gasteiger partial charge is 0.534 e. The zero-order chi connectivity index (χ0) is 29.5. The molecule has 0 radical (unpaired) electrons. The number of hydrogen-bond donors (Lipinski definition) is 1. The van der Waals surface area contributed by atoms with Crippen molar-refractivity contribution in [1.82, 2.24) is 0 Å². The van der Waals surface area contributed by atoms with E-state index in [0.29, 0.717) is 6.07 Å². The van der Waals surface area contributed by atoms with Gasteiger partial charge in [0.15, 0.2) is 51.7 Å². The summed E-state index contributed by atoms with van der Waals surface area (Å²) in [4.78, 5) is 24.5. The Morgan fingerprint density at radius 1 is 0.925 bits per heavy atom. The predicted octanol–water partition coefficient (Wildman–Crippen LogP) is 5.47. The van der Waals surface area contributed by atoms with Crippen LogP contribution >= 0.6 is 23.0 Å². The van der Waals surface area contributed by atoms with E-state index in [1.807, 2.05) is 0 Å². The van der Waals surface area contributed by atoms with Crippen LogP contribution in [0.4, 0.5) is 30.7 Å². The van der Waals surface area contributed by atoms with Gasteiger partial charge in [-0.15, -0.1) is 0 Å². The van der Waals surface area contributed by atoms with Gasteiger partial charge in [0.05, 0.1) is 22.3 Å². The second-order valence-electron chi connectivity index (χ2n) is 8.05. The molecule has 5 rings (SSSR count). The molecule has 1 atom stereocenters. The summed E-state index contributed by atoms with van der Waals surface area (Å²) in [5, 5.41) is 9.44. The highest BCUT2D eigenvalue weighted by Crippen LogP contribution is 2.59. The van der Waals surface area contributed by atoms with Crippen LogP contribution in [0, 0.1) is 23.3 Å². The number of carboxylic acid groups (broad SMARTS) is 1. The minimum absolute atomic E-state index is 0.150. The second-order valence-corrected chi connectivity index (χ2v) is 10.0. The first-order valence-electron chi connectivity index (χ1n) is 10.2. The highest BCUT2D eigenvalue weighted by Gasteiger charge is 2.57. The third-order valence-electron chi connectivity index (χ3n) is 5.89. The topological polar surface area (TPSA) is 125 Å². The fourth-order valence-corrected chi connectivity index (χ4v) is 5.11. The van der Waals surface area contributed by atoms with Crippen LogP contribution in [0.5, 0.6) is 23.0 Å². The molecule has 9 nitrogen and oxygen atoms in total. The van der Waals surface area contributed by atoms with Crippen LogP contribution in [0.2, 0.25) is 0 Å². The number of carboxylic acids is 1. The number of benzene rings is 3. The molecule has 1 N–H and O–H groups in total. The van der Waals surface area contributed by atoms with Gasteiger partial charge in [-0.1, -0.05) is 0 Å². The van der Waals surface area contributed by atoms with Crippen molar-refractivity contribution in [2.24, 2.45) is 0 Å². The van der Waals surface area contributed by atoms with Crippen molar-refractivity contribution >= 4 is 45.1 Å². The van der Waals surface area contributed by atoms with E-state index in [0.717, 1.165) is 41.2 Å². The average molecular weight is 706 g/mol. The van der Waals surface area contributed by atoms with E-state index in [9.17, 15) is 40.7 Å². The number of rotatable bonds is 4. The molecule has 0 saturated heterocycles. The van der Waals surface area contributed by atoms with Crippen molar-refractivity contribution in [2.45, 2.75) is 11.1 Å². The Morgan fingerprint density at radius 2 is 1.48 bits per heavy atom. The first kappa shape index (κ1) is 27.7. The van der Waals surface area contributed by atoms with Crippen molar-refractivity contribution in [3.05, 3.63) is 81.4 Å². The van der Waals surface area contributed by atoms with Crippen LogP contribution in [-0.2, 0) is 20.5 Å². The monoisotopic (exact) mass is 706 g/mol. The molecule has 0 amide bonds. The lowest BCUT2D eigenvalue weighted by Crippen LogP contribution is -2.35. The van der Waals surface area contributed by atoms with Gasteiger partial charge in [0.25, 0.3) is 0 Å². The molecule has 0 aromatic heterocycles. The summed E-state index contributed by atoms with van der Waals surface area (Å²) < 4.78 is 141. The van der Waals surface area contributed by atoms with Gasteiger partial charge in [0.2, 0.25) is 23.1 Å². The summed E-state index contributed by atoms with van der Waals surface area (Å²) in [5.41, 5.74) is -12.0. The van der Waals surface area contributed by atoms with Crippen LogP contribution in [0.25, 0.3) is 0 Å². The summed E-state index contributed by atoms with van der Waals surface area (Å²) in [6.07, 6.45) is 0. The Bertz CT molecular complexity index is 1780. The molecule has 1 unspecified atom stereocenters. The number of carbonyl (C=O) groups is 2. The molecule has 3 aromatic carbocycles. The number of esters is 1. The molecule has 2 heterocycles. The zero-order valence-electron chi connectivity index (χ0n) is 18.5. The van der Waals surface area contributed by atoms with Gasteiger partial charge < -0.3 is 21.8 Å². The number of ether oxygens (including phenoxy) is 2. The summed E-state index contributed by atoms with van der Waals surface area (Å²) in [6.45, 7) is 0. The lowest BCUT2D eigenvalue weighted by atomic mass is 9.77. The highest BCUT2D eigenvalue weighted by atomic mass is 127. The van der Waals surface area contributed by atoms with Gasteiger partial charge in [-0.3, -0.25) is 0 Å². The third-order valence-corrected chi connectivity index (χ3v) is 7.28. The number of halogens is 8. The maximum Gasteiger partial charge on any atom is 0.534 e. The number of carbonyl (C=O) groups excluding carboxylic acids is 1. The lowest BCUT2D eigenvalue weighted by Gasteiger charge is -2.37. The molecule has 18 heteroatoms. The minimum atomic E-state index is -6.64. The van der Waals surface area contributed by atoms with Crippen LogP contribution in [-0.4, -0.2) is 31.0 Å². The van der Waals surface area contributed by atoms with E-state index in [-0.39, 0.29) is 6.07 Å². The number of fused-ring (bicyclic) bond motifs is 6. The second kappa shape index (κ2) is 8.85. The van der Waals surface area contributed by atoms with Gasteiger partial charge in [0, 0.05) is 5.56 Å². The summed E-state index contributed by atoms with van der Waals surface area (Å²) in [5.74, 6) is -16.1. The van der Waals surface area contributed by atoms with E-state index in [4.69, 9.17) is 9.47 Å². The van der Waals surface area contributed by atoms with E-state index in [1.54, 1.807) is 0 Å². The minimum Gasteiger partial charge on any atom is -0.478 e. The highest BCUT2D eigenvalue weighted by molar-refractivity contribution is 14.1. The third kappa shape index (κ3) is 3.75. The zero-order valence-corrected chi connectivity index (χ0v) is 21.5. The van der Waals surface area contributed by atoms with Crippen LogP contribution in [0.15, 0.2) is 30.3 Å². The van der Waals surface area contributed by atoms with Gasteiger partial charge >= 0.3 is 27.6 Å². The SMILES string of the molecule is O=C(O)c1ccc2c(c1)C1(OC2=O)c2cc(F)c(OI)c(F)c2Oc2c1cc(F)c(OS(=O)(=O)C(F)(F)F)c2F. The first-order chi connectivity index (χ1) is 18.5. The Kier molecular flexibility index (Phi) is 6.14. The van der Waals surface area contributed by atoms with Crippen LogP contribution in [0.3, 0.4) is 0 Å². The van der Waals surface area contributed by atoms with Crippen molar-refractivity contribution in [2.75, 3.05) is 0 Å². The predicted molar refractivity (Wildman–Crippen MR) is 122 cm³/mol. The Hall–Kier alpha value is -3.81. The van der Waals surface area contributed by atoms with Crippen LogP contribution in [0.1, 0.15) is 37.4 Å². The molecule has 1 spiro atoms. The van der Waals surface area contributed by atoms with Gasteiger partial charge in [0.1, 0.15) is 0 Å². The van der Waals surface area contributed by atoms with Crippen LogP contribution < -0.4 is 12.0 Å². The number of alkyl halides is 3. The fourth-order valence-electron chi connectivity index (χ4n) is 4.24. The van der Waals surface area contributed by atoms with E-state index < -0.39 is 107 Å². The molecule has 3 aromatic rings. The first-order valence-corrected chi connectivity index (χ1v) is 12.5. The molecule has 2 aliphatic rings. The van der Waals surface area contributed by atoms with Gasteiger partial charge in [-0.25, -0.2) is 18.4 Å². The standard InChI is InChI=1S/C22H6F7IO9S/c23-11-4-9-15(13(25)17(11)38-30)36-16-10(5-12(24)18(14(16)26)39-40(34,35)22(27,28)29)21(9)8-3-6(19(31)32)1-2-7(8)20(33)37-21/h1-5H,(H,31,32). The maximum atomic E-state index is 15.6. The summed E-state index contributed by atoms with van der Waals surface area (Å²) in [6, 6.07) is 3.35. The molecule has 2 aliphatic heterocycles. The smallest absolute Gasteiger partial charge is 0.478 e. The van der Waals surface area contributed by atoms with Gasteiger partial charge in [-0.05, 0) is 30.3 Å². The molecule has 210 valence electrons. The molecule has 40 heavy (non-hydrogen) atoms. The average Bonchev–Trinajstić information content (AvgIpc) is 3.15. The van der Waals surface area contributed by atoms with E-state index in [1.165, 1.54) is 0 Å². The van der Waals surface area contributed by atoms with E-state index >= 15 is 13.2 Å². The van der Waals surface area contributed by atoms with Crippen molar-refractivity contribution in [3.8, 4) is 23.0 Å². The molecule has 0 fully saturated rings. The fraction of sp³-hybridized carbons (Fsp3) is 0.0909. The molecular weight excluding hydrogens is 700 g/mol. The molecule has 0 aliphatic carbocycles. The number of hydrogen-bond acceptors (Lipinski definition) is 8. The maximum absolute atomic E-state index is 15.6. The normalized spacial score (nSPS) is 17.4. The lowest BCUT2D eigenvalue weighted by molar-refractivity contribution is -0.0502. The Balaban J connectivity index is 1.90. The number of aromatic carboxylic acids is 1. The Labute approximate surface area is 230 Å². The molecule has 0 saturated carbocycles. The Morgan fingerprint density at radius 3 is 2.00 bits per heavy atom. The molecule has 0 bridgehead atoms. The quantitative estimate of drug-likeness (QED) is 0.124. The summed E-state index contributed by atoms with van der Waals surface area (Å²) in [7, 11) is -6.64. The molecular formula is C22H6F7IO9S. The van der Waals surface area contributed by atoms with Crippen molar-refractivity contribution in [1.29, 1.82) is 0 Å². The van der Waals surface area contributed by atoms with Gasteiger partial charge in [-0.2, -0.15) is 30.4 Å². The summed E-state index contributed by atoms with van der Waals surface area (Å²) >= 11 is 1.07.